The van der Waals surface area contributed by atoms with Crippen molar-refractivity contribution in [3.05, 3.63) is 0 Å². The van der Waals surface area contributed by atoms with Gasteiger partial charge in [0.15, 0.2) is 0 Å². The number of alkyl halides is 2. The molecule has 0 aromatic carbocycles. The minimum Gasteiger partial charge on any atom is -0.298 e. The summed E-state index contributed by atoms with van der Waals surface area (Å²) >= 11 is 9.03. The van der Waals surface area contributed by atoms with Crippen LogP contribution in [0.15, 0.2) is 0 Å². The first-order valence-corrected chi connectivity index (χ1v) is 4.38. The SMILES string of the molecule is O=C1CCC[C@@H](Cl)[C@H]1Br. The fourth-order valence-electron chi connectivity index (χ4n) is 0.957. The monoisotopic (exact) mass is 210 g/mol. The van der Waals surface area contributed by atoms with Crippen molar-refractivity contribution in [2.45, 2.75) is 29.5 Å². The van der Waals surface area contributed by atoms with Gasteiger partial charge in [0.2, 0.25) is 0 Å². The standard InChI is InChI=1S/C6H8BrClO/c7-6-4(8)2-1-3-5(6)9/h4,6H,1-3H2/t4-,6-/m1/s1. The van der Waals surface area contributed by atoms with Crippen LogP contribution in [0.1, 0.15) is 19.3 Å². The summed E-state index contributed by atoms with van der Waals surface area (Å²) in [5, 5.41) is 0.0197. The van der Waals surface area contributed by atoms with Crippen molar-refractivity contribution >= 4 is 33.3 Å². The second-order valence-corrected chi connectivity index (χ2v) is 3.82. The zero-order valence-corrected chi connectivity index (χ0v) is 7.28. The van der Waals surface area contributed by atoms with Crippen LogP contribution in [0.5, 0.6) is 0 Å². The van der Waals surface area contributed by atoms with Crippen LogP contribution in [-0.4, -0.2) is 16.0 Å². The van der Waals surface area contributed by atoms with E-state index in [1.54, 1.807) is 0 Å². The fraction of sp³-hybridized carbons (Fsp3) is 0.833. The molecule has 0 spiro atoms. The van der Waals surface area contributed by atoms with E-state index >= 15 is 0 Å². The summed E-state index contributed by atoms with van der Waals surface area (Å²) in [4.78, 5) is 10.8. The highest BCUT2D eigenvalue weighted by Crippen LogP contribution is 2.25. The second kappa shape index (κ2) is 3.02. The third kappa shape index (κ3) is 1.68. The quantitative estimate of drug-likeness (QED) is 0.561. The van der Waals surface area contributed by atoms with Crippen molar-refractivity contribution in [1.82, 2.24) is 0 Å². The molecule has 0 radical (unpaired) electrons. The van der Waals surface area contributed by atoms with Crippen LogP contribution in [0.3, 0.4) is 0 Å². The van der Waals surface area contributed by atoms with Crippen molar-refractivity contribution in [1.29, 1.82) is 0 Å². The summed E-state index contributed by atoms with van der Waals surface area (Å²) < 4.78 is 0. The zero-order valence-electron chi connectivity index (χ0n) is 4.94. The molecule has 3 heteroatoms. The van der Waals surface area contributed by atoms with E-state index in [4.69, 9.17) is 11.6 Å². The number of rotatable bonds is 0. The van der Waals surface area contributed by atoms with E-state index in [2.05, 4.69) is 15.9 Å². The predicted molar refractivity (Wildman–Crippen MR) is 41.2 cm³/mol. The molecular formula is C6H8BrClO. The molecular weight excluding hydrogens is 203 g/mol. The molecule has 1 rings (SSSR count). The molecule has 1 saturated carbocycles. The molecule has 0 aromatic heterocycles. The molecule has 0 unspecified atom stereocenters. The first-order valence-electron chi connectivity index (χ1n) is 3.02. The molecule has 0 aromatic rings. The topological polar surface area (TPSA) is 17.1 Å². The largest absolute Gasteiger partial charge is 0.298 e. The van der Waals surface area contributed by atoms with Gasteiger partial charge in [0, 0.05) is 6.42 Å². The minimum absolute atomic E-state index is 0.0197. The number of carbonyl (C=O) groups excluding carboxylic acids is 1. The van der Waals surface area contributed by atoms with E-state index in [9.17, 15) is 4.79 Å². The molecule has 52 valence electrons. The number of Topliss-reactive ketones (excluding diaryl/α,β-unsaturated/α-hetero) is 1. The van der Waals surface area contributed by atoms with Gasteiger partial charge in [0.1, 0.15) is 5.78 Å². The smallest absolute Gasteiger partial charge is 0.147 e. The Morgan fingerprint density at radius 3 is 2.78 bits per heavy atom. The van der Waals surface area contributed by atoms with Gasteiger partial charge in [-0.1, -0.05) is 15.9 Å². The van der Waals surface area contributed by atoms with Crippen molar-refractivity contribution in [3.63, 3.8) is 0 Å². The Kier molecular flexibility index (Phi) is 2.53. The van der Waals surface area contributed by atoms with E-state index in [0.717, 1.165) is 12.8 Å². The van der Waals surface area contributed by atoms with Gasteiger partial charge in [-0.2, -0.15) is 0 Å². The maximum Gasteiger partial charge on any atom is 0.147 e. The van der Waals surface area contributed by atoms with Crippen molar-refractivity contribution in [2.24, 2.45) is 0 Å². The lowest BCUT2D eigenvalue weighted by Crippen LogP contribution is -2.28. The van der Waals surface area contributed by atoms with Crippen molar-refractivity contribution < 1.29 is 4.79 Å². The number of hydrogen-bond donors (Lipinski definition) is 0. The van der Waals surface area contributed by atoms with Gasteiger partial charge < -0.3 is 0 Å². The Morgan fingerprint density at radius 1 is 1.67 bits per heavy atom. The average molecular weight is 211 g/mol. The van der Waals surface area contributed by atoms with Crippen LogP contribution in [-0.2, 0) is 4.79 Å². The Labute approximate surface area is 67.9 Å². The van der Waals surface area contributed by atoms with Gasteiger partial charge in [-0.05, 0) is 12.8 Å². The Balaban J connectivity index is 2.51. The number of carbonyl (C=O) groups is 1. The van der Waals surface area contributed by atoms with Gasteiger partial charge >= 0.3 is 0 Å². The lowest BCUT2D eigenvalue weighted by molar-refractivity contribution is -0.119. The molecule has 1 nitrogen and oxygen atoms in total. The van der Waals surface area contributed by atoms with Crippen molar-refractivity contribution in [2.75, 3.05) is 0 Å². The summed E-state index contributed by atoms with van der Waals surface area (Å²) in [6.45, 7) is 0. The van der Waals surface area contributed by atoms with Gasteiger partial charge in [-0.3, -0.25) is 4.79 Å². The highest BCUT2D eigenvalue weighted by atomic mass is 79.9. The molecule has 1 fully saturated rings. The lowest BCUT2D eigenvalue weighted by atomic mass is 9.99. The number of ketones is 1. The Morgan fingerprint density at radius 2 is 2.33 bits per heavy atom. The van der Waals surface area contributed by atoms with E-state index in [1.165, 1.54) is 0 Å². The molecule has 0 amide bonds. The highest BCUT2D eigenvalue weighted by molar-refractivity contribution is 9.10. The Bertz CT molecular complexity index is 126. The molecule has 0 bridgehead atoms. The van der Waals surface area contributed by atoms with Gasteiger partial charge in [-0.25, -0.2) is 0 Å². The predicted octanol–water partition coefficient (Wildman–Crippen LogP) is 2.11. The molecule has 0 N–H and O–H groups in total. The fourth-order valence-corrected chi connectivity index (χ4v) is 1.75. The van der Waals surface area contributed by atoms with Crippen LogP contribution in [0.4, 0.5) is 0 Å². The third-order valence-electron chi connectivity index (χ3n) is 1.53. The molecule has 0 heterocycles. The van der Waals surface area contributed by atoms with Crippen LogP contribution < -0.4 is 0 Å². The highest BCUT2D eigenvalue weighted by Gasteiger charge is 2.27. The van der Waals surface area contributed by atoms with Gasteiger partial charge in [0.25, 0.3) is 0 Å². The first kappa shape index (κ1) is 7.55. The van der Waals surface area contributed by atoms with E-state index < -0.39 is 0 Å². The van der Waals surface area contributed by atoms with Crippen molar-refractivity contribution in [3.8, 4) is 0 Å². The first-order chi connectivity index (χ1) is 4.22. The lowest BCUT2D eigenvalue weighted by Gasteiger charge is -2.19. The molecule has 1 aliphatic rings. The van der Waals surface area contributed by atoms with Crippen LogP contribution in [0.25, 0.3) is 0 Å². The summed E-state index contributed by atoms with van der Waals surface area (Å²) in [5.74, 6) is 0.251. The minimum atomic E-state index is -0.0899. The summed E-state index contributed by atoms with van der Waals surface area (Å²) in [6.07, 6.45) is 2.61. The van der Waals surface area contributed by atoms with Crippen LogP contribution >= 0.6 is 27.5 Å². The molecule has 9 heavy (non-hydrogen) atoms. The average Bonchev–Trinajstić information content (AvgIpc) is 1.83. The van der Waals surface area contributed by atoms with E-state index in [-0.39, 0.29) is 16.0 Å². The second-order valence-electron chi connectivity index (χ2n) is 2.28. The summed E-state index contributed by atoms with van der Waals surface area (Å²) in [6, 6.07) is 0. The summed E-state index contributed by atoms with van der Waals surface area (Å²) in [7, 11) is 0. The third-order valence-corrected chi connectivity index (χ3v) is 3.45. The van der Waals surface area contributed by atoms with E-state index in [1.807, 2.05) is 0 Å². The molecule has 2 atom stereocenters. The summed E-state index contributed by atoms with van der Waals surface area (Å²) in [5.41, 5.74) is 0. The van der Waals surface area contributed by atoms with E-state index in [0.29, 0.717) is 6.42 Å². The number of hydrogen-bond acceptors (Lipinski definition) is 1. The normalized spacial score (nSPS) is 36.9. The molecule has 1 aliphatic carbocycles. The van der Waals surface area contributed by atoms with Crippen LogP contribution in [0.2, 0.25) is 0 Å². The maximum absolute atomic E-state index is 10.9. The van der Waals surface area contributed by atoms with Crippen LogP contribution in [0, 0.1) is 0 Å². The van der Waals surface area contributed by atoms with Gasteiger partial charge in [-0.15, -0.1) is 11.6 Å². The maximum atomic E-state index is 10.9. The number of halogens is 2. The molecule has 0 aliphatic heterocycles. The Hall–Kier alpha value is 0.440. The molecule has 0 saturated heterocycles. The zero-order chi connectivity index (χ0) is 6.85. The van der Waals surface area contributed by atoms with Gasteiger partial charge in [0.05, 0.1) is 10.2 Å².